The number of aliphatic hydroxyl groups excluding tert-OH is 1. The van der Waals surface area contributed by atoms with Gasteiger partial charge < -0.3 is 19.6 Å². The number of hydrogen-bond donors (Lipinski definition) is 1. The van der Waals surface area contributed by atoms with Gasteiger partial charge >= 0.3 is 0 Å². The predicted molar refractivity (Wildman–Crippen MR) is 115 cm³/mol. The van der Waals surface area contributed by atoms with Crippen LogP contribution in [0.15, 0.2) is 35.0 Å². The lowest BCUT2D eigenvalue weighted by Crippen LogP contribution is -2.38. The molecule has 5 rings (SSSR count). The summed E-state index contributed by atoms with van der Waals surface area (Å²) in [5, 5.41) is 28.6. The van der Waals surface area contributed by atoms with Gasteiger partial charge in [-0.25, -0.2) is 0 Å². The summed E-state index contributed by atoms with van der Waals surface area (Å²) in [6.45, 7) is 5.00. The van der Waals surface area contributed by atoms with Gasteiger partial charge in [0.05, 0.1) is 19.3 Å². The van der Waals surface area contributed by atoms with Crippen LogP contribution in [0, 0.1) is 5.92 Å². The Balaban J connectivity index is 1.40. The van der Waals surface area contributed by atoms with E-state index in [0.717, 1.165) is 80.2 Å². The monoisotopic (exact) mass is 411 g/mol. The first-order chi connectivity index (χ1) is 14.3. The third kappa shape index (κ3) is 3.80. The van der Waals surface area contributed by atoms with E-state index in [0.29, 0.717) is 0 Å². The van der Waals surface area contributed by atoms with Crippen LogP contribution >= 0.6 is 11.3 Å². The molecule has 2 fully saturated rings. The van der Waals surface area contributed by atoms with Gasteiger partial charge in [-0.15, -0.1) is 10.2 Å². The highest BCUT2D eigenvalue weighted by atomic mass is 32.1. The Labute approximate surface area is 173 Å². The Morgan fingerprint density at radius 1 is 1.10 bits per heavy atom. The van der Waals surface area contributed by atoms with Crippen LogP contribution in [0.5, 0.6) is 0 Å². The number of fused-ring (bicyclic) bond motifs is 1. The number of hydrogen-bond acceptors (Lipinski definition) is 8. The molecule has 7 nitrogen and oxygen atoms in total. The summed E-state index contributed by atoms with van der Waals surface area (Å²) in [4.78, 5) is 4.58. The van der Waals surface area contributed by atoms with Crippen molar-refractivity contribution in [2.75, 3.05) is 49.2 Å². The topological polar surface area (TPSA) is 74.6 Å². The molecule has 0 amide bonds. The van der Waals surface area contributed by atoms with Crippen molar-refractivity contribution < 1.29 is 9.84 Å². The van der Waals surface area contributed by atoms with Gasteiger partial charge in [-0.2, -0.15) is 11.3 Å². The third-order valence-electron chi connectivity index (χ3n) is 5.98. The number of aromatic nitrogens is 3. The van der Waals surface area contributed by atoms with E-state index in [1.807, 2.05) is 16.8 Å². The molecular weight excluding hydrogens is 386 g/mol. The molecule has 0 saturated carbocycles. The molecule has 0 unspecified atom stereocenters. The van der Waals surface area contributed by atoms with Crippen LogP contribution in [0.3, 0.4) is 0 Å². The smallest absolute Gasteiger partial charge is 0.162 e. The lowest BCUT2D eigenvalue weighted by molar-refractivity contribution is 0.0984. The van der Waals surface area contributed by atoms with E-state index >= 15 is 0 Å². The number of ether oxygens (including phenoxy) is 1. The van der Waals surface area contributed by atoms with Crippen molar-refractivity contribution in [1.29, 1.82) is 0 Å². The number of rotatable bonds is 4. The highest BCUT2D eigenvalue weighted by molar-refractivity contribution is 7.07. The molecule has 1 aromatic carbocycles. The van der Waals surface area contributed by atoms with Crippen LogP contribution in [-0.4, -0.2) is 59.9 Å². The summed E-state index contributed by atoms with van der Waals surface area (Å²) in [5.41, 5.74) is 3.03. The van der Waals surface area contributed by atoms with E-state index < -0.39 is 6.10 Å². The van der Waals surface area contributed by atoms with Gasteiger partial charge in [0.1, 0.15) is 5.52 Å². The number of morpholine rings is 1. The van der Waals surface area contributed by atoms with E-state index in [1.54, 1.807) is 11.3 Å². The van der Waals surface area contributed by atoms with Gasteiger partial charge in [0, 0.05) is 43.2 Å². The standard InChI is InChI=1S/C21H25N5O2S/c27-20(16-5-11-29-14-16)15-2-1-6-26(13-15)21-18-4-3-17(12-19(18)22-24-23-21)25-7-9-28-10-8-25/h3-5,11-12,14-15,20,27H,1-2,6-10,13H2/t15-,20+/m0/s1. The van der Waals surface area contributed by atoms with Crippen LogP contribution in [-0.2, 0) is 4.74 Å². The largest absolute Gasteiger partial charge is 0.388 e. The summed E-state index contributed by atoms with van der Waals surface area (Å²) in [7, 11) is 0. The Kier molecular flexibility index (Phi) is 5.30. The highest BCUT2D eigenvalue weighted by Crippen LogP contribution is 2.34. The quantitative estimate of drug-likeness (QED) is 0.707. The highest BCUT2D eigenvalue weighted by Gasteiger charge is 2.29. The summed E-state index contributed by atoms with van der Waals surface area (Å²) in [6, 6.07) is 8.36. The van der Waals surface area contributed by atoms with Crippen molar-refractivity contribution in [3.63, 3.8) is 0 Å². The van der Waals surface area contributed by atoms with Crippen molar-refractivity contribution >= 4 is 33.7 Å². The van der Waals surface area contributed by atoms with E-state index in [4.69, 9.17) is 4.74 Å². The number of aliphatic hydroxyl groups is 1. The SMILES string of the molecule is O[C@@H](c1ccsc1)[C@H]1CCCN(c2nnnc3cc(N4CCOCC4)ccc23)C1. The first kappa shape index (κ1) is 18.7. The predicted octanol–water partition coefficient (Wildman–Crippen LogP) is 2.87. The van der Waals surface area contributed by atoms with Crippen LogP contribution in [0.2, 0.25) is 0 Å². The molecule has 2 saturated heterocycles. The van der Waals surface area contributed by atoms with Crippen molar-refractivity contribution in [1.82, 2.24) is 15.4 Å². The number of nitrogens with zero attached hydrogens (tertiary/aromatic N) is 5. The summed E-state index contributed by atoms with van der Waals surface area (Å²) in [5.74, 6) is 1.06. The fourth-order valence-electron chi connectivity index (χ4n) is 4.39. The molecule has 2 aliphatic heterocycles. The van der Waals surface area contributed by atoms with Gasteiger partial charge in [0.2, 0.25) is 0 Å². The molecule has 0 radical (unpaired) electrons. The Hall–Kier alpha value is -2.29. The van der Waals surface area contributed by atoms with Crippen LogP contribution < -0.4 is 9.80 Å². The van der Waals surface area contributed by atoms with E-state index in [2.05, 4.69) is 43.4 Å². The van der Waals surface area contributed by atoms with E-state index in [1.165, 1.54) is 0 Å². The number of anilines is 2. The second-order valence-electron chi connectivity index (χ2n) is 7.76. The van der Waals surface area contributed by atoms with E-state index in [9.17, 15) is 5.11 Å². The maximum absolute atomic E-state index is 10.8. The molecule has 1 N–H and O–H groups in total. The Morgan fingerprint density at radius 2 is 2.00 bits per heavy atom. The summed E-state index contributed by atoms with van der Waals surface area (Å²) in [6.07, 6.45) is 1.62. The third-order valence-corrected chi connectivity index (χ3v) is 6.68. The molecule has 152 valence electrons. The molecule has 2 aliphatic rings. The molecular formula is C21H25N5O2S. The zero-order valence-electron chi connectivity index (χ0n) is 16.3. The summed E-state index contributed by atoms with van der Waals surface area (Å²) < 4.78 is 5.46. The molecule has 4 heterocycles. The lowest BCUT2D eigenvalue weighted by Gasteiger charge is -2.36. The fourth-order valence-corrected chi connectivity index (χ4v) is 5.08. The number of piperidine rings is 1. The minimum absolute atomic E-state index is 0.191. The van der Waals surface area contributed by atoms with Crippen molar-refractivity contribution in [3.05, 3.63) is 40.6 Å². The molecule has 0 aliphatic carbocycles. The first-order valence-electron chi connectivity index (χ1n) is 10.2. The van der Waals surface area contributed by atoms with Gasteiger partial charge in [-0.05, 0) is 58.6 Å². The maximum Gasteiger partial charge on any atom is 0.162 e. The van der Waals surface area contributed by atoms with Crippen molar-refractivity contribution in [2.24, 2.45) is 5.92 Å². The molecule has 2 aromatic heterocycles. The minimum atomic E-state index is -0.432. The maximum atomic E-state index is 10.8. The van der Waals surface area contributed by atoms with Crippen molar-refractivity contribution in [2.45, 2.75) is 18.9 Å². The lowest BCUT2D eigenvalue weighted by atomic mass is 9.89. The van der Waals surface area contributed by atoms with Crippen molar-refractivity contribution in [3.8, 4) is 0 Å². The van der Waals surface area contributed by atoms with Crippen LogP contribution in [0.4, 0.5) is 11.5 Å². The Bertz CT molecular complexity index is 961. The molecule has 0 spiro atoms. The average Bonchev–Trinajstić information content (AvgIpc) is 3.33. The number of thiophene rings is 1. The van der Waals surface area contributed by atoms with Gasteiger partial charge in [-0.3, -0.25) is 0 Å². The molecule has 29 heavy (non-hydrogen) atoms. The fraction of sp³-hybridized carbons (Fsp3) is 0.476. The average molecular weight is 412 g/mol. The van der Waals surface area contributed by atoms with Crippen LogP contribution in [0.25, 0.3) is 10.9 Å². The van der Waals surface area contributed by atoms with Gasteiger partial charge in [-0.1, -0.05) is 0 Å². The molecule has 2 atom stereocenters. The minimum Gasteiger partial charge on any atom is -0.388 e. The molecule has 0 bridgehead atoms. The van der Waals surface area contributed by atoms with E-state index in [-0.39, 0.29) is 5.92 Å². The second kappa shape index (κ2) is 8.22. The summed E-state index contributed by atoms with van der Waals surface area (Å²) >= 11 is 1.63. The zero-order chi connectivity index (χ0) is 19.6. The second-order valence-corrected chi connectivity index (χ2v) is 8.54. The Morgan fingerprint density at radius 3 is 2.83 bits per heavy atom. The van der Waals surface area contributed by atoms with Crippen LogP contribution in [0.1, 0.15) is 24.5 Å². The zero-order valence-corrected chi connectivity index (χ0v) is 17.1. The number of benzene rings is 1. The van der Waals surface area contributed by atoms with Gasteiger partial charge in [0.15, 0.2) is 5.82 Å². The molecule has 3 aromatic rings. The first-order valence-corrected chi connectivity index (χ1v) is 11.1. The van der Waals surface area contributed by atoms with Gasteiger partial charge in [0.25, 0.3) is 0 Å². The molecule has 8 heteroatoms. The normalized spacial score (nSPS) is 21.5.